The molecule has 1 aromatic carbocycles. The third-order valence-electron chi connectivity index (χ3n) is 3.36. The molecule has 0 bridgehead atoms. The minimum Gasteiger partial charge on any atom is -0.376 e. The van der Waals surface area contributed by atoms with Crippen LogP contribution >= 0.6 is 0 Å². The van der Waals surface area contributed by atoms with Crippen LogP contribution in [0.1, 0.15) is 35.3 Å². The molecule has 1 heterocycles. The molecule has 98 valence electrons. The molecule has 1 fully saturated rings. The van der Waals surface area contributed by atoms with E-state index in [0.29, 0.717) is 19.8 Å². The maximum atomic E-state index is 12.3. The predicted octanol–water partition coefficient (Wildman–Crippen LogP) is 2.41. The lowest BCUT2D eigenvalue weighted by Crippen LogP contribution is -2.35. The van der Waals surface area contributed by atoms with Crippen LogP contribution in [-0.4, -0.2) is 31.7 Å². The van der Waals surface area contributed by atoms with Crippen molar-refractivity contribution >= 4 is 5.78 Å². The van der Waals surface area contributed by atoms with Crippen molar-refractivity contribution in [2.24, 2.45) is 0 Å². The van der Waals surface area contributed by atoms with Gasteiger partial charge >= 0.3 is 0 Å². The summed E-state index contributed by atoms with van der Waals surface area (Å²) in [5.41, 5.74) is 3.30. The van der Waals surface area contributed by atoms with Crippen LogP contribution < -0.4 is 0 Å². The molecule has 1 saturated heterocycles. The van der Waals surface area contributed by atoms with Crippen molar-refractivity contribution in [2.75, 3.05) is 19.8 Å². The lowest BCUT2D eigenvalue weighted by atomic mass is 9.97. The van der Waals surface area contributed by atoms with Crippen LogP contribution in [0.25, 0.3) is 0 Å². The van der Waals surface area contributed by atoms with Gasteiger partial charge in [0.05, 0.1) is 19.8 Å². The molecule has 0 aliphatic carbocycles. The molecule has 1 aromatic rings. The SMILES string of the molecule is CCc1ccc(C(=O)C2COCCO2)cc1CC. The maximum Gasteiger partial charge on any atom is 0.193 e. The first-order chi connectivity index (χ1) is 8.76. The monoisotopic (exact) mass is 248 g/mol. The number of Topliss-reactive ketones (excluding diaryl/α,β-unsaturated/α-hetero) is 1. The van der Waals surface area contributed by atoms with E-state index >= 15 is 0 Å². The lowest BCUT2D eigenvalue weighted by Gasteiger charge is -2.22. The number of benzene rings is 1. The summed E-state index contributed by atoms with van der Waals surface area (Å²) in [5, 5.41) is 0. The Kier molecular flexibility index (Phi) is 4.50. The Morgan fingerprint density at radius 3 is 2.61 bits per heavy atom. The minimum absolute atomic E-state index is 0.0343. The Bertz CT molecular complexity index is 420. The molecule has 1 aliphatic rings. The zero-order chi connectivity index (χ0) is 13.0. The zero-order valence-electron chi connectivity index (χ0n) is 11.1. The average molecular weight is 248 g/mol. The highest BCUT2D eigenvalue weighted by atomic mass is 16.6. The van der Waals surface area contributed by atoms with Crippen LogP contribution in [0.15, 0.2) is 18.2 Å². The number of rotatable bonds is 4. The van der Waals surface area contributed by atoms with Crippen molar-refractivity contribution in [3.05, 3.63) is 34.9 Å². The quantitative estimate of drug-likeness (QED) is 0.768. The largest absolute Gasteiger partial charge is 0.376 e. The lowest BCUT2D eigenvalue weighted by molar-refractivity contribution is -0.0719. The topological polar surface area (TPSA) is 35.5 Å². The number of carbonyl (C=O) groups is 1. The van der Waals surface area contributed by atoms with Gasteiger partial charge in [-0.3, -0.25) is 4.79 Å². The van der Waals surface area contributed by atoms with E-state index in [4.69, 9.17) is 9.47 Å². The van der Waals surface area contributed by atoms with E-state index in [2.05, 4.69) is 19.9 Å². The molecule has 3 heteroatoms. The van der Waals surface area contributed by atoms with E-state index in [-0.39, 0.29) is 5.78 Å². The second-order valence-electron chi connectivity index (χ2n) is 4.49. The first-order valence-corrected chi connectivity index (χ1v) is 6.61. The van der Waals surface area contributed by atoms with E-state index in [1.54, 1.807) is 0 Å². The van der Waals surface area contributed by atoms with E-state index < -0.39 is 6.10 Å². The maximum absolute atomic E-state index is 12.3. The van der Waals surface area contributed by atoms with Crippen LogP contribution in [0, 0.1) is 0 Å². The number of aryl methyl sites for hydroxylation is 2. The van der Waals surface area contributed by atoms with E-state index in [0.717, 1.165) is 18.4 Å². The second-order valence-corrected chi connectivity index (χ2v) is 4.49. The molecule has 0 aromatic heterocycles. The summed E-state index contributed by atoms with van der Waals surface area (Å²) in [7, 11) is 0. The molecule has 1 atom stereocenters. The average Bonchev–Trinajstić information content (AvgIpc) is 2.46. The van der Waals surface area contributed by atoms with Crippen LogP contribution in [0.5, 0.6) is 0 Å². The van der Waals surface area contributed by atoms with Gasteiger partial charge in [-0.15, -0.1) is 0 Å². The molecule has 1 aliphatic heterocycles. The molecular formula is C15H20O3. The third-order valence-corrected chi connectivity index (χ3v) is 3.36. The van der Waals surface area contributed by atoms with Gasteiger partial charge in [-0.25, -0.2) is 0 Å². The summed E-state index contributed by atoms with van der Waals surface area (Å²) in [6, 6.07) is 5.95. The van der Waals surface area contributed by atoms with Crippen LogP contribution in [-0.2, 0) is 22.3 Å². The molecule has 0 N–H and O–H groups in total. The molecule has 18 heavy (non-hydrogen) atoms. The van der Waals surface area contributed by atoms with Crippen molar-refractivity contribution in [2.45, 2.75) is 32.8 Å². The summed E-state index contributed by atoms with van der Waals surface area (Å²) in [4.78, 5) is 12.3. The standard InChI is InChI=1S/C15H20O3/c1-3-11-5-6-13(9-12(11)4-2)15(16)14-10-17-7-8-18-14/h5-6,9,14H,3-4,7-8,10H2,1-2H3. The molecule has 0 amide bonds. The van der Waals surface area contributed by atoms with Gasteiger partial charge in [0.15, 0.2) is 5.78 Å². The van der Waals surface area contributed by atoms with E-state index in [9.17, 15) is 4.79 Å². The van der Waals surface area contributed by atoms with E-state index in [1.165, 1.54) is 11.1 Å². The van der Waals surface area contributed by atoms with E-state index in [1.807, 2.05) is 12.1 Å². The fourth-order valence-corrected chi connectivity index (χ4v) is 2.28. The van der Waals surface area contributed by atoms with Gasteiger partial charge in [0.2, 0.25) is 0 Å². The number of hydrogen-bond acceptors (Lipinski definition) is 3. The number of carbonyl (C=O) groups excluding carboxylic acids is 1. The molecule has 3 nitrogen and oxygen atoms in total. The summed E-state index contributed by atoms with van der Waals surface area (Å²) in [5.74, 6) is 0.0343. The summed E-state index contributed by atoms with van der Waals surface area (Å²) >= 11 is 0. The summed E-state index contributed by atoms with van der Waals surface area (Å²) < 4.78 is 10.7. The van der Waals surface area contributed by atoms with Gasteiger partial charge in [-0.1, -0.05) is 26.0 Å². The first kappa shape index (κ1) is 13.2. The fourth-order valence-electron chi connectivity index (χ4n) is 2.28. The second kappa shape index (κ2) is 6.12. The van der Waals surface area contributed by atoms with Crippen molar-refractivity contribution < 1.29 is 14.3 Å². The van der Waals surface area contributed by atoms with Gasteiger partial charge in [-0.05, 0) is 30.0 Å². The molecular weight excluding hydrogens is 228 g/mol. The van der Waals surface area contributed by atoms with Gasteiger partial charge in [0, 0.05) is 5.56 Å². The third kappa shape index (κ3) is 2.79. The van der Waals surface area contributed by atoms with Crippen molar-refractivity contribution in [1.29, 1.82) is 0 Å². The van der Waals surface area contributed by atoms with Gasteiger partial charge in [0.25, 0.3) is 0 Å². The number of ketones is 1. The van der Waals surface area contributed by atoms with Crippen LogP contribution in [0.2, 0.25) is 0 Å². The highest BCUT2D eigenvalue weighted by molar-refractivity contribution is 5.99. The van der Waals surface area contributed by atoms with Crippen molar-refractivity contribution in [3.8, 4) is 0 Å². The van der Waals surface area contributed by atoms with Crippen LogP contribution in [0.3, 0.4) is 0 Å². The minimum atomic E-state index is -0.434. The highest BCUT2D eigenvalue weighted by Gasteiger charge is 2.24. The highest BCUT2D eigenvalue weighted by Crippen LogP contribution is 2.17. The molecule has 0 saturated carbocycles. The molecule has 2 rings (SSSR count). The molecule has 0 spiro atoms. The number of ether oxygens (including phenoxy) is 2. The zero-order valence-corrected chi connectivity index (χ0v) is 11.1. The van der Waals surface area contributed by atoms with Crippen molar-refractivity contribution in [1.82, 2.24) is 0 Å². The Morgan fingerprint density at radius 2 is 2.00 bits per heavy atom. The Morgan fingerprint density at radius 1 is 1.22 bits per heavy atom. The predicted molar refractivity (Wildman–Crippen MR) is 70.1 cm³/mol. The van der Waals surface area contributed by atoms with Gasteiger partial charge in [0.1, 0.15) is 6.10 Å². The first-order valence-electron chi connectivity index (χ1n) is 6.61. The van der Waals surface area contributed by atoms with Gasteiger partial charge in [-0.2, -0.15) is 0 Å². The van der Waals surface area contributed by atoms with Gasteiger partial charge < -0.3 is 9.47 Å². The molecule has 1 unspecified atom stereocenters. The Hall–Kier alpha value is -1.19. The smallest absolute Gasteiger partial charge is 0.193 e. The van der Waals surface area contributed by atoms with Crippen LogP contribution in [0.4, 0.5) is 0 Å². The molecule has 0 radical (unpaired) electrons. The normalized spacial score (nSPS) is 19.8. The fraction of sp³-hybridized carbons (Fsp3) is 0.533. The Labute approximate surface area is 108 Å². The van der Waals surface area contributed by atoms with Crippen molar-refractivity contribution in [3.63, 3.8) is 0 Å². The number of hydrogen-bond donors (Lipinski definition) is 0. The summed E-state index contributed by atoms with van der Waals surface area (Å²) in [6.45, 7) is 5.70. The summed E-state index contributed by atoms with van der Waals surface area (Å²) in [6.07, 6.45) is 1.52. The Balaban J connectivity index is 2.19.